The van der Waals surface area contributed by atoms with Gasteiger partial charge in [-0.05, 0) is 6.92 Å². The number of carboxylic acid groups (broad SMARTS) is 1. The van der Waals surface area contributed by atoms with Crippen molar-refractivity contribution in [3.05, 3.63) is 0 Å². The van der Waals surface area contributed by atoms with Crippen molar-refractivity contribution < 1.29 is 24.5 Å². The lowest BCUT2D eigenvalue weighted by molar-refractivity contribution is -0.137. The Morgan fingerprint density at radius 1 is 1.58 bits per heavy atom. The quantitative estimate of drug-likeness (QED) is 0.653. The van der Waals surface area contributed by atoms with Crippen LogP contribution in [0.15, 0.2) is 0 Å². The van der Waals surface area contributed by atoms with E-state index >= 15 is 0 Å². The van der Waals surface area contributed by atoms with Crippen molar-refractivity contribution >= 4 is 12.0 Å². The van der Waals surface area contributed by atoms with Gasteiger partial charge in [0.25, 0.3) is 0 Å². The molecular formula is C12H18N2O5. The predicted octanol–water partition coefficient (Wildman–Crippen LogP) is -0.792. The molecule has 0 radical (unpaired) electrons. The largest absolute Gasteiger partial charge is 0.480 e. The molecule has 1 aliphatic heterocycles. The number of carbonyl (C=O) groups excluding carboxylic acids is 1. The van der Waals surface area contributed by atoms with Crippen molar-refractivity contribution in [2.75, 3.05) is 32.8 Å². The SMILES string of the molecule is C#CCN(CC(=O)O)C(=O)N1CC(CO)OCC1C. The highest BCUT2D eigenvalue weighted by Crippen LogP contribution is 2.14. The minimum atomic E-state index is -1.12. The van der Waals surface area contributed by atoms with Gasteiger partial charge in [0.05, 0.1) is 38.4 Å². The molecule has 0 aromatic heterocycles. The Balaban J connectivity index is 2.76. The van der Waals surface area contributed by atoms with Crippen LogP contribution in [0.2, 0.25) is 0 Å². The highest BCUT2D eigenvalue weighted by atomic mass is 16.5. The van der Waals surface area contributed by atoms with Gasteiger partial charge in [0.1, 0.15) is 6.54 Å². The molecule has 1 fully saturated rings. The molecule has 0 spiro atoms. The van der Waals surface area contributed by atoms with Gasteiger partial charge in [0, 0.05) is 0 Å². The van der Waals surface area contributed by atoms with Crippen LogP contribution < -0.4 is 0 Å². The van der Waals surface area contributed by atoms with E-state index in [4.69, 9.17) is 21.4 Å². The average Bonchev–Trinajstić information content (AvgIpc) is 2.37. The maximum atomic E-state index is 12.3. The molecule has 1 saturated heterocycles. The lowest BCUT2D eigenvalue weighted by Gasteiger charge is -2.39. The Morgan fingerprint density at radius 2 is 2.26 bits per heavy atom. The van der Waals surface area contributed by atoms with E-state index in [1.165, 1.54) is 4.90 Å². The number of hydrogen-bond acceptors (Lipinski definition) is 4. The summed E-state index contributed by atoms with van der Waals surface area (Å²) in [5.74, 6) is 1.15. The van der Waals surface area contributed by atoms with Crippen LogP contribution in [0.4, 0.5) is 4.79 Å². The fourth-order valence-corrected chi connectivity index (χ4v) is 1.84. The Kier molecular flexibility index (Phi) is 5.60. The molecule has 7 nitrogen and oxygen atoms in total. The minimum absolute atomic E-state index is 0.0704. The number of urea groups is 1. The number of ether oxygens (including phenoxy) is 1. The maximum Gasteiger partial charge on any atom is 0.323 e. The fraction of sp³-hybridized carbons (Fsp3) is 0.667. The highest BCUT2D eigenvalue weighted by molar-refractivity contribution is 5.80. The Morgan fingerprint density at radius 3 is 2.79 bits per heavy atom. The van der Waals surface area contributed by atoms with E-state index in [-0.39, 0.29) is 25.7 Å². The molecule has 1 heterocycles. The standard InChI is InChI=1S/C12H18N2O5/c1-3-4-13(6-11(16)17)12(18)14-5-10(7-15)19-8-9(14)2/h1,9-10,15H,4-8H2,2H3,(H,16,17). The number of amides is 2. The van der Waals surface area contributed by atoms with Gasteiger partial charge in [-0.25, -0.2) is 4.79 Å². The summed E-state index contributed by atoms with van der Waals surface area (Å²) in [7, 11) is 0. The number of aliphatic hydroxyl groups excluding tert-OH is 1. The number of morpholine rings is 1. The van der Waals surface area contributed by atoms with E-state index in [0.29, 0.717) is 6.61 Å². The zero-order chi connectivity index (χ0) is 14.4. The van der Waals surface area contributed by atoms with Crippen molar-refractivity contribution in [1.29, 1.82) is 0 Å². The van der Waals surface area contributed by atoms with Gasteiger partial charge < -0.3 is 24.7 Å². The zero-order valence-electron chi connectivity index (χ0n) is 10.8. The maximum absolute atomic E-state index is 12.3. The first-order valence-corrected chi connectivity index (χ1v) is 5.92. The Hall–Kier alpha value is -1.78. The lowest BCUT2D eigenvalue weighted by Crippen LogP contribution is -2.56. The molecule has 0 aliphatic carbocycles. The molecule has 7 heteroatoms. The summed E-state index contributed by atoms with van der Waals surface area (Å²) in [6.07, 6.45) is 4.69. The smallest absolute Gasteiger partial charge is 0.323 e. The van der Waals surface area contributed by atoms with Crippen LogP contribution in [0.1, 0.15) is 6.92 Å². The first-order chi connectivity index (χ1) is 8.99. The van der Waals surface area contributed by atoms with Gasteiger partial charge in [-0.3, -0.25) is 4.79 Å². The van der Waals surface area contributed by atoms with Gasteiger partial charge in [0.15, 0.2) is 0 Å². The number of aliphatic carboxylic acids is 1. The van der Waals surface area contributed by atoms with Crippen molar-refractivity contribution in [3.8, 4) is 12.3 Å². The van der Waals surface area contributed by atoms with Crippen LogP contribution in [0, 0.1) is 12.3 Å². The van der Waals surface area contributed by atoms with Crippen LogP contribution in [0.3, 0.4) is 0 Å². The van der Waals surface area contributed by atoms with Crippen molar-refractivity contribution in [2.45, 2.75) is 19.1 Å². The number of nitrogens with zero attached hydrogens (tertiary/aromatic N) is 2. The summed E-state index contributed by atoms with van der Waals surface area (Å²) in [6, 6.07) is -0.640. The topological polar surface area (TPSA) is 90.3 Å². The monoisotopic (exact) mass is 270 g/mol. The van der Waals surface area contributed by atoms with Crippen LogP contribution in [0.5, 0.6) is 0 Å². The van der Waals surface area contributed by atoms with Crippen molar-refractivity contribution in [2.24, 2.45) is 0 Å². The number of aliphatic hydroxyl groups is 1. The third kappa shape index (κ3) is 4.12. The molecule has 1 aliphatic rings. The first kappa shape index (κ1) is 15.3. The summed E-state index contributed by atoms with van der Waals surface area (Å²) in [4.78, 5) is 25.5. The summed E-state index contributed by atoms with van der Waals surface area (Å²) >= 11 is 0. The number of rotatable bonds is 4. The summed E-state index contributed by atoms with van der Waals surface area (Å²) in [5.41, 5.74) is 0. The van der Waals surface area contributed by atoms with Crippen LogP contribution in [0.25, 0.3) is 0 Å². The Bertz CT molecular complexity index is 379. The molecule has 0 aromatic carbocycles. The molecule has 1 rings (SSSR count). The van der Waals surface area contributed by atoms with Gasteiger partial charge in [-0.1, -0.05) is 5.92 Å². The number of terminal acetylenes is 1. The molecule has 0 bridgehead atoms. The third-order valence-electron chi connectivity index (χ3n) is 2.83. The molecule has 2 amide bonds. The van der Waals surface area contributed by atoms with Gasteiger partial charge in [-0.15, -0.1) is 6.42 Å². The van der Waals surface area contributed by atoms with Crippen molar-refractivity contribution in [3.63, 3.8) is 0 Å². The molecule has 2 unspecified atom stereocenters. The summed E-state index contributed by atoms with van der Waals surface area (Å²) < 4.78 is 5.32. The highest BCUT2D eigenvalue weighted by Gasteiger charge is 2.32. The average molecular weight is 270 g/mol. The normalized spacial score (nSPS) is 22.7. The zero-order valence-corrected chi connectivity index (χ0v) is 10.8. The third-order valence-corrected chi connectivity index (χ3v) is 2.83. The molecule has 2 atom stereocenters. The number of hydrogen-bond donors (Lipinski definition) is 2. The second kappa shape index (κ2) is 6.97. The molecule has 0 aromatic rings. The first-order valence-electron chi connectivity index (χ1n) is 5.92. The summed E-state index contributed by atoms with van der Waals surface area (Å²) in [6.45, 7) is 1.60. The van der Waals surface area contributed by atoms with Crippen LogP contribution in [-0.2, 0) is 9.53 Å². The summed E-state index contributed by atoms with van der Waals surface area (Å²) in [5, 5.41) is 17.8. The van der Waals surface area contributed by atoms with E-state index in [2.05, 4.69) is 5.92 Å². The second-order valence-corrected chi connectivity index (χ2v) is 4.38. The molecule has 2 N–H and O–H groups in total. The molecular weight excluding hydrogens is 252 g/mol. The Labute approximate surface area is 111 Å². The van der Waals surface area contributed by atoms with E-state index in [0.717, 1.165) is 4.90 Å². The fourth-order valence-electron chi connectivity index (χ4n) is 1.84. The van der Waals surface area contributed by atoms with Crippen LogP contribution in [-0.4, -0.2) is 77.0 Å². The van der Waals surface area contributed by atoms with Gasteiger partial charge in [0.2, 0.25) is 0 Å². The second-order valence-electron chi connectivity index (χ2n) is 4.38. The number of carboxylic acids is 1. The molecule has 19 heavy (non-hydrogen) atoms. The van der Waals surface area contributed by atoms with Gasteiger partial charge in [-0.2, -0.15) is 0 Å². The van der Waals surface area contributed by atoms with E-state index in [9.17, 15) is 9.59 Å². The molecule has 106 valence electrons. The van der Waals surface area contributed by atoms with E-state index < -0.39 is 24.6 Å². The lowest BCUT2D eigenvalue weighted by atomic mass is 10.2. The van der Waals surface area contributed by atoms with Gasteiger partial charge >= 0.3 is 12.0 Å². The minimum Gasteiger partial charge on any atom is -0.480 e. The van der Waals surface area contributed by atoms with Crippen molar-refractivity contribution in [1.82, 2.24) is 9.80 Å². The predicted molar refractivity (Wildman–Crippen MR) is 66.4 cm³/mol. The van der Waals surface area contributed by atoms with E-state index in [1.807, 2.05) is 0 Å². The number of carbonyl (C=O) groups is 2. The van der Waals surface area contributed by atoms with Crippen LogP contribution >= 0.6 is 0 Å². The molecule has 0 saturated carbocycles. The van der Waals surface area contributed by atoms with E-state index in [1.54, 1.807) is 6.92 Å².